The van der Waals surface area contributed by atoms with Crippen LogP contribution < -0.4 is 4.90 Å². The van der Waals surface area contributed by atoms with Crippen molar-refractivity contribution in [3.05, 3.63) is 18.2 Å². The Hall–Kier alpha value is -2.62. The zero-order valence-corrected chi connectivity index (χ0v) is 10.4. The summed E-state index contributed by atoms with van der Waals surface area (Å²) in [6, 6.07) is 7.54. The SMILES string of the molecule is CN(CCC(=O)O)c1ccc2c(c1)nnn2CC#N. The molecule has 1 heterocycles. The first-order valence-electron chi connectivity index (χ1n) is 5.75. The lowest BCUT2D eigenvalue weighted by Gasteiger charge is -2.17. The van der Waals surface area contributed by atoms with Gasteiger partial charge in [0.25, 0.3) is 0 Å². The number of anilines is 1. The summed E-state index contributed by atoms with van der Waals surface area (Å²) < 4.78 is 1.52. The van der Waals surface area contributed by atoms with Crippen LogP contribution in [0.2, 0.25) is 0 Å². The normalized spacial score (nSPS) is 10.3. The summed E-state index contributed by atoms with van der Waals surface area (Å²) in [5.74, 6) is -0.826. The van der Waals surface area contributed by atoms with Gasteiger partial charge in [0.1, 0.15) is 12.1 Å². The van der Waals surface area contributed by atoms with Crippen molar-refractivity contribution < 1.29 is 9.90 Å². The van der Waals surface area contributed by atoms with Crippen LogP contribution in [0.1, 0.15) is 6.42 Å². The Labute approximate surface area is 109 Å². The summed E-state index contributed by atoms with van der Waals surface area (Å²) in [5, 5.41) is 25.2. The number of aliphatic carboxylic acids is 1. The monoisotopic (exact) mass is 259 g/mol. The molecule has 0 bridgehead atoms. The Balaban J connectivity index is 2.22. The lowest BCUT2D eigenvalue weighted by Crippen LogP contribution is -2.20. The number of nitrogens with zero attached hydrogens (tertiary/aromatic N) is 5. The molecule has 2 rings (SSSR count). The summed E-state index contributed by atoms with van der Waals surface area (Å²) in [6.07, 6.45) is 0.0790. The second-order valence-corrected chi connectivity index (χ2v) is 4.14. The lowest BCUT2D eigenvalue weighted by atomic mass is 10.2. The van der Waals surface area contributed by atoms with E-state index in [1.807, 2.05) is 36.2 Å². The van der Waals surface area contributed by atoms with Crippen molar-refractivity contribution in [3.63, 3.8) is 0 Å². The van der Waals surface area contributed by atoms with Gasteiger partial charge in [0, 0.05) is 19.3 Å². The molecule has 1 N–H and O–H groups in total. The minimum Gasteiger partial charge on any atom is -0.481 e. The van der Waals surface area contributed by atoms with Crippen LogP contribution in [0.5, 0.6) is 0 Å². The van der Waals surface area contributed by atoms with Gasteiger partial charge >= 0.3 is 5.97 Å². The molecule has 0 amide bonds. The van der Waals surface area contributed by atoms with Crippen molar-refractivity contribution in [1.82, 2.24) is 15.0 Å². The second kappa shape index (κ2) is 5.35. The molecule has 19 heavy (non-hydrogen) atoms. The van der Waals surface area contributed by atoms with Gasteiger partial charge in [0.05, 0.1) is 18.0 Å². The van der Waals surface area contributed by atoms with Gasteiger partial charge < -0.3 is 10.0 Å². The average Bonchev–Trinajstić information content (AvgIpc) is 2.79. The van der Waals surface area contributed by atoms with E-state index in [0.29, 0.717) is 12.1 Å². The molecule has 0 unspecified atom stereocenters. The third-order valence-corrected chi connectivity index (χ3v) is 2.82. The van der Waals surface area contributed by atoms with Gasteiger partial charge in [-0.2, -0.15) is 5.26 Å². The Morgan fingerprint density at radius 3 is 3.05 bits per heavy atom. The van der Waals surface area contributed by atoms with E-state index in [-0.39, 0.29) is 13.0 Å². The van der Waals surface area contributed by atoms with Gasteiger partial charge in [-0.25, -0.2) is 4.68 Å². The van der Waals surface area contributed by atoms with Crippen LogP contribution in [0, 0.1) is 11.3 Å². The number of benzene rings is 1. The van der Waals surface area contributed by atoms with Crippen LogP contribution in [0.25, 0.3) is 11.0 Å². The van der Waals surface area contributed by atoms with Gasteiger partial charge in [0.2, 0.25) is 0 Å². The largest absolute Gasteiger partial charge is 0.481 e. The predicted molar refractivity (Wildman–Crippen MR) is 68.7 cm³/mol. The molecule has 0 aliphatic heterocycles. The Bertz CT molecular complexity index is 643. The van der Waals surface area contributed by atoms with E-state index in [1.54, 1.807) is 0 Å². The highest BCUT2D eigenvalue weighted by Crippen LogP contribution is 2.19. The van der Waals surface area contributed by atoms with Gasteiger partial charge in [-0.15, -0.1) is 5.10 Å². The second-order valence-electron chi connectivity index (χ2n) is 4.14. The fourth-order valence-corrected chi connectivity index (χ4v) is 1.77. The zero-order chi connectivity index (χ0) is 13.8. The summed E-state index contributed by atoms with van der Waals surface area (Å²) in [7, 11) is 1.82. The van der Waals surface area contributed by atoms with E-state index in [1.165, 1.54) is 4.68 Å². The molecular weight excluding hydrogens is 246 g/mol. The number of hydrogen-bond acceptors (Lipinski definition) is 5. The fraction of sp³-hybridized carbons (Fsp3) is 0.333. The minimum atomic E-state index is -0.826. The molecule has 7 heteroatoms. The van der Waals surface area contributed by atoms with Crippen LogP contribution in [0.4, 0.5) is 5.69 Å². The van der Waals surface area contributed by atoms with Crippen LogP contribution in [-0.4, -0.2) is 39.7 Å². The molecule has 1 aromatic heterocycles. The molecule has 2 aromatic rings. The predicted octanol–water partition coefficient (Wildman–Crippen LogP) is 0.866. The Morgan fingerprint density at radius 2 is 2.37 bits per heavy atom. The third-order valence-electron chi connectivity index (χ3n) is 2.82. The molecule has 0 aliphatic rings. The molecule has 1 aromatic carbocycles. The van der Waals surface area contributed by atoms with Crippen LogP contribution >= 0.6 is 0 Å². The molecule has 0 saturated carbocycles. The van der Waals surface area contributed by atoms with E-state index < -0.39 is 5.97 Å². The first kappa shape index (κ1) is 12.8. The molecule has 0 fully saturated rings. The molecule has 0 saturated heterocycles. The van der Waals surface area contributed by atoms with E-state index in [4.69, 9.17) is 10.4 Å². The number of carboxylic acid groups (broad SMARTS) is 1. The number of rotatable bonds is 5. The number of aromatic nitrogens is 3. The van der Waals surface area contributed by atoms with Crippen LogP contribution in [-0.2, 0) is 11.3 Å². The molecule has 0 spiro atoms. The number of nitriles is 1. The smallest absolute Gasteiger partial charge is 0.305 e. The van der Waals surface area contributed by atoms with Gasteiger partial charge in [-0.05, 0) is 18.2 Å². The van der Waals surface area contributed by atoms with E-state index in [0.717, 1.165) is 11.2 Å². The maximum atomic E-state index is 10.5. The number of carboxylic acids is 1. The topological polar surface area (TPSA) is 95.0 Å². The van der Waals surface area contributed by atoms with Crippen molar-refractivity contribution in [2.45, 2.75) is 13.0 Å². The van der Waals surface area contributed by atoms with Crippen molar-refractivity contribution in [1.29, 1.82) is 5.26 Å². The van der Waals surface area contributed by atoms with Crippen molar-refractivity contribution in [3.8, 4) is 6.07 Å². The molecule has 0 atom stereocenters. The Kier molecular flexibility index (Phi) is 3.61. The molecule has 98 valence electrons. The third kappa shape index (κ3) is 2.80. The van der Waals surface area contributed by atoms with Crippen molar-refractivity contribution in [2.24, 2.45) is 0 Å². The lowest BCUT2D eigenvalue weighted by molar-refractivity contribution is -0.136. The number of hydrogen-bond donors (Lipinski definition) is 1. The maximum Gasteiger partial charge on any atom is 0.305 e. The average molecular weight is 259 g/mol. The zero-order valence-electron chi connectivity index (χ0n) is 10.4. The quantitative estimate of drug-likeness (QED) is 0.855. The van der Waals surface area contributed by atoms with Gasteiger partial charge in [-0.1, -0.05) is 5.21 Å². The summed E-state index contributed by atoms with van der Waals surface area (Å²) in [6.45, 7) is 0.581. The molecule has 7 nitrogen and oxygen atoms in total. The molecular formula is C12H13N5O2. The van der Waals surface area contributed by atoms with Crippen molar-refractivity contribution >= 4 is 22.7 Å². The summed E-state index contributed by atoms with van der Waals surface area (Å²) in [5.41, 5.74) is 2.35. The van der Waals surface area contributed by atoms with Crippen LogP contribution in [0.15, 0.2) is 18.2 Å². The number of fused-ring (bicyclic) bond motifs is 1. The molecule has 0 aliphatic carbocycles. The van der Waals surface area contributed by atoms with E-state index in [2.05, 4.69) is 10.3 Å². The highest BCUT2D eigenvalue weighted by Gasteiger charge is 2.08. The van der Waals surface area contributed by atoms with Gasteiger partial charge in [0.15, 0.2) is 0 Å². The highest BCUT2D eigenvalue weighted by atomic mass is 16.4. The van der Waals surface area contributed by atoms with E-state index >= 15 is 0 Å². The standard InChI is InChI=1S/C12H13N5O2/c1-16(6-4-12(18)19)9-2-3-11-10(8-9)14-15-17(11)7-5-13/h2-3,8H,4,6-7H2,1H3,(H,18,19). The first-order valence-corrected chi connectivity index (χ1v) is 5.75. The Morgan fingerprint density at radius 1 is 1.58 bits per heavy atom. The van der Waals surface area contributed by atoms with Crippen molar-refractivity contribution in [2.75, 3.05) is 18.5 Å². The maximum absolute atomic E-state index is 10.5. The van der Waals surface area contributed by atoms with E-state index in [9.17, 15) is 4.79 Å². The minimum absolute atomic E-state index is 0.0790. The summed E-state index contributed by atoms with van der Waals surface area (Å²) in [4.78, 5) is 12.4. The first-order chi connectivity index (χ1) is 9.11. The fourth-order valence-electron chi connectivity index (χ4n) is 1.77. The summed E-state index contributed by atoms with van der Waals surface area (Å²) >= 11 is 0. The number of carbonyl (C=O) groups is 1. The molecule has 0 radical (unpaired) electrons. The van der Waals surface area contributed by atoms with Gasteiger partial charge in [-0.3, -0.25) is 4.79 Å². The van der Waals surface area contributed by atoms with Crippen LogP contribution in [0.3, 0.4) is 0 Å². The highest BCUT2D eigenvalue weighted by molar-refractivity contribution is 5.79.